The highest BCUT2D eigenvalue weighted by Gasteiger charge is 2.39. The fraction of sp³-hybridized carbons (Fsp3) is 0.333. The van der Waals surface area contributed by atoms with Crippen molar-refractivity contribution in [1.29, 1.82) is 0 Å². The summed E-state index contributed by atoms with van der Waals surface area (Å²) in [5.74, 6) is -0.299. The summed E-state index contributed by atoms with van der Waals surface area (Å²) in [6.45, 7) is 1.02. The van der Waals surface area contributed by atoms with Gasteiger partial charge in [0.2, 0.25) is 5.91 Å². The van der Waals surface area contributed by atoms with Crippen LogP contribution in [-0.4, -0.2) is 69.7 Å². The van der Waals surface area contributed by atoms with Crippen LogP contribution in [0, 0.1) is 0 Å². The van der Waals surface area contributed by atoms with E-state index in [1.165, 1.54) is 10.8 Å². The molecule has 2 saturated heterocycles. The molecule has 3 aromatic rings. The average Bonchev–Trinajstić information content (AvgIpc) is 3.43. The number of hydrogen-bond acceptors (Lipinski definition) is 5. The second kappa shape index (κ2) is 11.1. The molecular weight excluding hydrogens is 576 g/mol. The van der Waals surface area contributed by atoms with E-state index in [4.69, 9.17) is 4.74 Å². The van der Waals surface area contributed by atoms with Gasteiger partial charge in [-0.15, -0.1) is 0 Å². The van der Waals surface area contributed by atoms with Crippen LogP contribution in [-0.2, 0) is 28.4 Å². The van der Waals surface area contributed by atoms with Crippen LogP contribution in [0.5, 0.6) is 0 Å². The maximum absolute atomic E-state index is 13.6. The van der Waals surface area contributed by atoms with Crippen LogP contribution in [0.4, 0.5) is 31.1 Å². The number of carbonyl (C=O) groups excluding carboxylic acids is 2. The lowest BCUT2D eigenvalue weighted by Crippen LogP contribution is -2.47. The smallest absolute Gasteiger partial charge is 0.378 e. The number of nitrogens with zero attached hydrogens (tertiary/aromatic N) is 3. The summed E-state index contributed by atoms with van der Waals surface area (Å²) >= 11 is 0.795. The van der Waals surface area contributed by atoms with Gasteiger partial charge in [0.05, 0.1) is 24.3 Å². The summed E-state index contributed by atoms with van der Waals surface area (Å²) in [7, 11) is 0. The van der Waals surface area contributed by atoms with Crippen molar-refractivity contribution in [1.82, 2.24) is 14.4 Å². The Hall–Kier alpha value is -3.49. The molecule has 3 heterocycles. The minimum atomic E-state index is -4.98. The number of fused-ring (bicyclic) bond motifs is 1. The Balaban J connectivity index is 1.34. The van der Waals surface area contributed by atoms with Gasteiger partial charge in [0.15, 0.2) is 6.23 Å². The van der Waals surface area contributed by atoms with Crippen LogP contribution in [0.2, 0.25) is 0 Å². The maximum atomic E-state index is 13.6. The standard InChI is InChI=1S/C27H23F6N3O4S/c28-26(29,30)19-3-2-18(20(13-19)27(31,32)33)14-35-6-5-17-11-16(1-4-21(17)35)12-22-24(38)36(25(39)41-22)15-23(37)34-7-9-40-10-8-34/h1-6,11-13,24,38H,7-10,14-15H2/b22-12-. The van der Waals surface area contributed by atoms with E-state index >= 15 is 0 Å². The largest absolute Gasteiger partial charge is 0.416 e. The molecule has 2 aromatic carbocycles. The van der Waals surface area contributed by atoms with Gasteiger partial charge in [-0.1, -0.05) is 12.1 Å². The van der Waals surface area contributed by atoms with Crippen molar-refractivity contribution in [3.63, 3.8) is 0 Å². The molecule has 2 fully saturated rings. The van der Waals surface area contributed by atoms with E-state index in [1.807, 2.05) is 0 Å². The van der Waals surface area contributed by atoms with E-state index in [1.54, 1.807) is 35.2 Å². The van der Waals surface area contributed by atoms with Crippen molar-refractivity contribution >= 4 is 39.9 Å². The van der Waals surface area contributed by atoms with E-state index in [0.717, 1.165) is 22.7 Å². The number of carbonyl (C=O) groups is 2. The number of benzene rings is 2. The first-order chi connectivity index (χ1) is 19.3. The molecule has 2 amide bonds. The number of hydrogen-bond donors (Lipinski definition) is 1. The topological polar surface area (TPSA) is 75.0 Å². The first-order valence-electron chi connectivity index (χ1n) is 12.4. The molecule has 7 nitrogen and oxygen atoms in total. The van der Waals surface area contributed by atoms with Crippen LogP contribution < -0.4 is 0 Å². The molecule has 5 rings (SSSR count). The number of ether oxygens (including phenoxy) is 1. The first-order valence-corrected chi connectivity index (χ1v) is 13.2. The highest BCUT2D eigenvalue weighted by molar-refractivity contribution is 8.17. The van der Waals surface area contributed by atoms with Gasteiger partial charge in [-0.3, -0.25) is 14.5 Å². The molecule has 218 valence electrons. The zero-order valence-corrected chi connectivity index (χ0v) is 22.0. The van der Waals surface area contributed by atoms with Gasteiger partial charge in [-0.05, 0) is 59.3 Å². The Kier molecular flexibility index (Phi) is 7.83. The molecule has 1 unspecified atom stereocenters. The molecule has 41 heavy (non-hydrogen) atoms. The van der Waals surface area contributed by atoms with Crippen molar-refractivity contribution in [2.75, 3.05) is 32.8 Å². The summed E-state index contributed by atoms with van der Waals surface area (Å²) in [5.41, 5.74) is -1.92. The van der Waals surface area contributed by atoms with Gasteiger partial charge in [0, 0.05) is 41.6 Å². The van der Waals surface area contributed by atoms with Crippen LogP contribution in [0.1, 0.15) is 22.3 Å². The molecule has 0 bridgehead atoms. The number of thioether (sulfide) groups is 1. The Labute approximate surface area is 233 Å². The molecule has 0 radical (unpaired) electrons. The van der Waals surface area contributed by atoms with Crippen molar-refractivity contribution in [3.05, 3.63) is 75.8 Å². The lowest BCUT2D eigenvalue weighted by atomic mass is 10.0. The summed E-state index contributed by atoms with van der Waals surface area (Å²) in [5, 5.41) is 10.9. The van der Waals surface area contributed by atoms with E-state index in [0.29, 0.717) is 53.7 Å². The van der Waals surface area contributed by atoms with Gasteiger partial charge in [-0.25, -0.2) is 0 Å². The van der Waals surface area contributed by atoms with Gasteiger partial charge in [0.25, 0.3) is 5.24 Å². The van der Waals surface area contributed by atoms with Crippen LogP contribution in [0.15, 0.2) is 53.6 Å². The van der Waals surface area contributed by atoms with Crippen molar-refractivity contribution in [3.8, 4) is 0 Å². The molecule has 0 spiro atoms. The zero-order valence-electron chi connectivity index (χ0n) is 21.2. The summed E-state index contributed by atoms with van der Waals surface area (Å²) < 4.78 is 86.6. The monoisotopic (exact) mass is 599 g/mol. The van der Waals surface area contributed by atoms with Crippen molar-refractivity contribution in [2.24, 2.45) is 0 Å². The van der Waals surface area contributed by atoms with Crippen LogP contribution >= 0.6 is 11.8 Å². The first kappa shape index (κ1) is 29.0. The second-order valence-electron chi connectivity index (χ2n) is 9.54. The van der Waals surface area contributed by atoms with Crippen molar-refractivity contribution in [2.45, 2.75) is 25.1 Å². The number of halogens is 6. The molecule has 2 aliphatic rings. The number of aliphatic hydroxyl groups is 1. The normalized spacial score (nSPS) is 19.5. The van der Waals surface area contributed by atoms with Gasteiger partial charge >= 0.3 is 12.4 Å². The Bertz CT molecular complexity index is 1510. The fourth-order valence-electron chi connectivity index (χ4n) is 4.73. The van der Waals surface area contributed by atoms with E-state index in [2.05, 4.69) is 0 Å². The third-order valence-electron chi connectivity index (χ3n) is 6.85. The van der Waals surface area contributed by atoms with Gasteiger partial charge in [0.1, 0.15) is 6.54 Å². The minimum absolute atomic E-state index is 0.120. The molecule has 1 aromatic heterocycles. The van der Waals surface area contributed by atoms with Crippen molar-refractivity contribution < 1.29 is 45.8 Å². The highest BCUT2D eigenvalue weighted by atomic mass is 32.2. The second-order valence-corrected chi connectivity index (χ2v) is 10.6. The molecule has 2 aliphatic heterocycles. The van der Waals surface area contributed by atoms with E-state index in [9.17, 15) is 41.0 Å². The van der Waals surface area contributed by atoms with Crippen LogP contribution in [0.25, 0.3) is 17.0 Å². The lowest BCUT2D eigenvalue weighted by molar-refractivity contribution is -0.143. The Morgan fingerprint density at radius 3 is 2.44 bits per heavy atom. The molecule has 0 aliphatic carbocycles. The predicted molar refractivity (Wildman–Crippen MR) is 139 cm³/mol. The molecule has 1 N–H and O–H groups in total. The maximum Gasteiger partial charge on any atom is 0.416 e. The van der Waals surface area contributed by atoms with Gasteiger partial charge in [-0.2, -0.15) is 26.3 Å². The van der Waals surface area contributed by atoms with Gasteiger partial charge < -0.3 is 19.3 Å². The summed E-state index contributed by atoms with van der Waals surface area (Å²) in [6.07, 6.45) is -8.09. The molecule has 0 saturated carbocycles. The SMILES string of the molecule is O=C(CN1C(=O)S/C(=C\c2ccc3c(ccn3Cc3ccc(C(F)(F)F)cc3C(F)(F)F)c2)C1O)N1CCOCC1. The zero-order chi connectivity index (χ0) is 29.5. The lowest BCUT2D eigenvalue weighted by Gasteiger charge is -2.29. The number of amides is 2. The van der Waals surface area contributed by atoms with Crippen LogP contribution in [0.3, 0.4) is 0 Å². The molecular formula is C27H23F6N3O4S. The summed E-state index contributed by atoms with van der Waals surface area (Å²) in [6, 6.07) is 8.21. The quantitative estimate of drug-likeness (QED) is 0.397. The molecule has 14 heteroatoms. The third kappa shape index (κ3) is 6.23. The number of rotatable bonds is 5. The Morgan fingerprint density at radius 1 is 1.02 bits per heavy atom. The minimum Gasteiger partial charge on any atom is -0.378 e. The van der Waals surface area contributed by atoms with E-state index in [-0.39, 0.29) is 30.6 Å². The number of aromatic nitrogens is 1. The Morgan fingerprint density at radius 2 is 1.76 bits per heavy atom. The number of alkyl halides is 6. The van der Waals surface area contributed by atoms with E-state index < -0.39 is 34.9 Å². The predicted octanol–water partition coefficient (Wildman–Crippen LogP) is 5.41. The fourth-order valence-corrected chi connectivity index (χ4v) is 5.64. The number of aliphatic hydroxyl groups excluding tert-OH is 1. The average molecular weight is 600 g/mol. The summed E-state index contributed by atoms with van der Waals surface area (Å²) in [4.78, 5) is 28.0. The third-order valence-corrected chi connectivity index (χ3v) is 7.82. The number of morpholine rings is 1. The molecule has 1 atom stereocenters. The highest BCUT2D eigenvalue weighted by Crippen LogP contribution is 2.38.